The summed E-state index contributed by atoms with van der Waals surface area (Å²) in [6, 6.07) is 8.64. The highest BCUT2D eigenvalue weighted by Gasteiger charge is 2.29. The lowest BCUT2D eigenvalue weighted by Gasteiger charge is -2.26. The minimum atomic E-state index is -0.575. The fraction of sp³-hybridized carbons (Fsp3) is 0.619. The average Bonchev–Trinajstić information content (AvgIpc) is 3.40. The molecule has 2 amide bonds. The molecule has 3 rings (SSSR count). The van der Waals surface area contributed by atoms with Gasteiger partial charge in [-0.1, -0.05) is 12.1 Å². The number of quaternary nitrogens is 1. The molecule has 7 heteroatoms. The lowest BCUT2D eigenvalue weighted by molar-refractivity contribution is -0.918. The van der Waals surface area contributed by atoms with Gasteiger partial charge >= 0.3 is 11.8 Å². The molecule has 0 bridgehead atoms. The first-order valence-corrected chi connectivity index (χ1v) is 10.3. The summed E-state index contributed by atoms with van der Waals surface area (Å²) in [5.74, 6) is -1.14. The van der Waals surface area contributed by atoms with Gasteiger partial charge in [0.05, 0.1) is 25.7 Å². The molecule has 1 aromatic rings. The largest absolute Gasteiger partial charge is 0.378 e. The Labute approximate surface area is 167 Å². The van der Waals surface area contributed by atoms with Crippen LogP contribution in [0.15, 0.2) is 24.3 Å². The molecule has 2 atom stereocenters. The molecule has 0 radical (unpaired) electrons. The number of hydrogen-bond donors (Lipinski definition) is 3. The first-order valence-electron chi connectivity index (χ1n) is 10.3. The van der Waals surface area contributed by atoms with Gasteiger partial charge in [-0.05, 0) is 25.0 Å². The number of ether oxygens (including phenoxy) is 1. The zero-order valence-electron chi connectivity index (χ0n) is 17.0. The van der Waals surface area contributed by atoms with Crippen molar-refractivity contribution >= 4 is 17.5 Å². The van der Waals surface area contributed by atoms with Crippen molar-refractivity contribution in [2.45, 2.75) is 37.8 Å². The van der Waals surface area contributed by atoms with Crippen molar-refractivity contribution in [2.75, 3.05) is 51.8 Å². The van der Waals surface area contributed by atoms with Gasteiger partial charge in [0.1, 0.15) is 6.04 Å². The molecule has 2 heterocycles. The second-order valence-corrected chi connectivity index (χ2v) is 7.96. The molecule has 28 heavy (non-hydrogen) atoms. The third-order valence-corrected chi connectivity index (χ3v) is 5.74. The Morgan fingerprint density at radius 2 is 1.79 bits per heavy atom. The SMILES string of the molecule is CN(C)c1ccc([C@@H](CNC(=O)C(=O)NC[C@H]2CCCO2)[NH+]2CCCC2)cc1. The van der Waals surface area contributed by atoms with E-state index in [1.54, 1.807) is 0 Å². The highest BCUT2D eigenvalue weighted by molar-refractivity contribution is 6.35. The zero-order valence-corrected chi connectivity index (χ0v) is 17.0. The summed E-state index contributed by atoms with van der Waals surface area (Å²) in [7, 11) is 4.04. The van der Waals surface area contributed by atoms with Gasteiger partial charge < -0.3 is 25.2 Å². The number of amides is 2. The molecule has 0 unspecified atom stereocenters. The Bertz CT molecular complexity index is 650. The highest BCUT2D eigenvalue weighted by atomic mass is 16.5. The summed E-state index contributed by atoms with van der Waals surface area (Å²) in [5.41, 5.74) is 2.35. The zero-order chi connectivity index (χ0) is 19.9. The fourth-order valence-electron chi connectivity index (χ4n) is 4.05. The maximum Gasteiger partial charge on any atom is 0.309 e. The molecular formula is C21H33N4O3+. The number of nitrogens with one attached hydrogen (secondary N) is 3. The standard InChI is InChI=1S/C21H32N4O3/c1-24(2)17-9-7-16(8-10-17)19(25-11-3-4-12-25)15-23-21(27)20(26)22-14-18-6-5-13-28-18/h7-10,18-19H,3-6,11-15H2,1-2H3,(H,22,26)(H,23,27)/p+1/t18-,19-/m1/s1. The van der Waals surface area contributed by atoms with Crippen LogP contribution in [-0.4, -0.2) is 64.8 Å². The molecule has 1 aromatic carbocycles. The summed E-state index contributed by atoms with van der Waals surface area (Å²) in [4.78, 5) is 27.9. The minimum Gasteiger partial charge on any atom is -0.378 e. The van der Waals surface area contributed by atoms with Crippen LogP contribution in [0.4, 0.5) is 5.69 Å². The first-order chi connectivity index (χ1) is 13.5. The minimum absolute atomic E-state index is 0.0359. The van der Waals surface area contributed by atoms with Gasteiger partial charge in [0.15, 0.2) is 0 Å². The predicted octanol–water partition coefficient (Wildman–Crippen LogP) is -0.116. The molecule has 0 saturated carbocycles. The summed E-state index contributed by atoms with van der Waals surface area (Å²) in [6.45, 7) is 3.80. The Morgan fingerprint density at radius 1 is 1.11 bits per heavy atom. The van der Waals surface area contributed by atoms with Crippen LogP contribution < -0.4 is 20.4 Å². The second-order valence-electron chi connectivity index (χ2n) is 7.96. The van der Waals surface area contributed by atoms with Crippen LogP contribution in [0, 0.1) is 0 Å². The van der Waals surface area contributed by atoms with E-state index in [-0.39, 0.29) is 12.1 Å². The lowest BCUT2D eigenvalue weighted by atomic mass is 10.0. The first kappa shape index (κ1) is 20.6. The molecule has 0 spiro atoms. The number of likely N-dealkylation sites (tertiary alicyclic amines) is 1. The van der Waals surface area contributed by atoms with Gasteiger partial charge in [-0.25, -0.2) is 0 Å². The Morgan fingerprint density at radius 3 is 2.39 bits per heavy atom. The maximum atomic E-state index is 12.3. The van der Waals surface area contributed by atoms with E-state index in [9.17, 15) is 9.59 Å². The van der Waals surface area contributed by atoms with Crippen molar-refractivity contribution < 1.29 is 19.2 Å². The van der Waals surface area contributed by atoms with Crippen molar-refractivity contribution in [1.82, 2.24) is 10.6 Å². The molecule has 154 valence electrons. The van der Waals surface area contributed by atoms with E-state index in [1.165, 1.54) is 23.3 Å². The van der Waals surface area contributed by atoms with Crippen LogP contribution >= 0.6 is 0 Å². The van der Waals surface area contributed by atoms with Crippen LogP contribution in [0.1, 0.15) is 37.3 Å². The molecule has 0 aromatic heterocycles. The summed E-state index contributed by atoms with van der Waals surface area (Å²) in [6.07, 6.45) is 4.40. The van der Waals surface area contributed by atoms with Gasteiger partial charge in [-0.15, -0.1) is 0 Å². The van der Waals surface area contributed by atoms with Crippen molar-refractivity contribution in [3.63, 3.8) is 0 Å². The number of hydrogen-bond acceptors (Lipinski definition) is 4. The van der Waals surface area contributed by atoms with Crippen molar-refractivity contribution in [2.24, 2.45) is 0 Å². The van der Waals surface area contributed by atoms with Gasteiger partial charge in [0.25, 0.3) is 0 Å². The van der Waals surface area contributed by atoms with E-state index in [0.29, 0.717) is 13.1 Å². The summed E-state index contributed by atoms with van der Waals surface area (Å²) < 4.78 is 5.48. The van der Waals surface area contributed by atoms with E-state index in [1.807, 2.05) is 14.1 Å². The molecule has 2 aliphatic heterocycles. The van der Waals surface area contributed by atoms with E-state index >= 15 is 0 Å². The Kier molecular flexibility index (Phi) is 7.28. The number of carbonyl (C=O) groups excluding carboxylic acids is 2. The summed E-state index contributed by atoms with van der Waals surface area (Å²) >= 11 is 0. The average molecular weight is 390 g/mol. The molecule has 3 N–H and O–H groups in total. The van der Waals surface area contributed by atoms with Crippen LogP contribution in [-0.2, 0) is 14.3 Å². The van der Waals surface area contributed by atoms with Gasteiger partial charge in [-0.3, -0.25) is 9.59 Å². The topological polar surface area (TPSA) is 75.1 Å². The predicted molar refractivity (Wildman–Crippen MR) is 108 cm³/mol. The van der Waals surface area contributed by atoms with Crippen LogP contribution in [0.2, 0.25) is 0 Å². The fourth-order valence-corrected chi connectivity index (χ4v) is 4.05. The monoisotopic (exact) mass is 389 g/mol. The van der Waals surface area contributed by atoms with Crippen molar-refractivity contribution in [1.29, 1.82) is 0 Å². The third kappa shape index (κ3) is 5.45. The number of anilines is 1. The van der Waals surface area contributed by atoms with E-state index < -0.39 is 11.8 Å². The van der Waals surface area contributed by atoms with Crippen LogP contribution in [0.3, 0.4) is 0 Å². The maximum absolute atomic E-state index is 12.3. The second kappa shape index (κ2) is 9.89. The molecule has 2 aliphatic rings. The number of rotatable bonds is 7. The smallest absolute Gasteiger partial charge is 0.309 e. The van der Waals surface area contributed by atoms with Gasteiger partial charge in [0, 0.05) is 51.3 Å². The summed E-state index contributed by atoms with van der Waals surface area (Å²) in [5, 5.41) is 5.54. The van der Waals surface area contributed by atoms with Crippen LogP contribution in [0.5, 0.6) is 0 Å². The van der Waals surface area contributed by atoms with Gasteiger partial charge in [-0.2, -0.15) is 0 Å². The van der Waals surface area contributed by atoms with Gasteiger partial charge in [0.2, 0.25) is 0 Å². The van der Waals surface area contributed by atoms with Crippen molar-refractivity contribution in [3.05, 3.63) is 29.8 Å². The van der Waals surface area contributed by atoms with Crippen LogP contribution in [0.25, 0.3) is 0 Å². The Hall–Kier alpha value is -2.12. The Balaban J connectivity index is 1.56. The number of carbonyl (C=O) groups is 2. The quantitative estimate of drug-likeness (QED) is 0.569. The van der Waals surface area contributed by atoms with E-state index in [0.717, 1.165) is 38.2 Å². The van der Waals surface area contributed by atoms with Crippen molar-refractivity contribution in [3.8, 4) is 0 Å². The molecule has 7 nitrogen and oxygen atoms in total. The number of nitrogens with zero attached hydrogens (tertiary/aromatic N) is 1. The lowest BCUT2D eigenvalue weighted by Crippen LogP contribution is -3.11. The molecular weight excluding hydrogens is 356 g/mol. The normalized spacial score (nSPS) is 20.7. The van der Waals surface area contributed by atoms with E-state index in [2.05, 4.69) is 39.8 Å². The van der Waals surface area contributed by atoms with E-state index in [4.69, 9.17) is 4.74 Å². The molecule has 2 saturated heterocycles. The molecule has 2 fully saturated rings. The highest BCUT2D eigenvalue weighted by Crippen LogP contribution is 2.17. The number of benzene rings is 1. The third-order valence-electron chi connectivity index (χ3n) is 5.74. The molecule has 0 aliphatic carbocycles.